The van der Waals surface area contributed by atoms with Gasteiger partial charge >= 0.3 is 6.09 Å². The van der Waals surface area contributed by atoms with Crippen molar-refractivity contribution in [2.75, 3.05) is 13.2 Å². The molecule has 3 aromatic rings. The van der Waals surface area contributed by atoms with E-state index in [9.17, 15) is 14.3 Å². The fourth-order valence-corrected chi connectivity index (χ4v) is 4.12. The summed E-state index contributed by atoms with van der Waals surface area (Å²) in [5.41, 5.74) is 2.65. The second-order valence-corrected chi connectivity index (χ2v) is 7.80. The van der Waals surface area contributed by atoms with Gasteiger partial charge in [0.05, 0.1) is 11.7 Å². The molecule has 160 valence electrons. The minimum atomic E-state index is -0.946. The Labute approximate surface area is 181 Å². The Hall–Kier alpha value is -3.25. The SMILES string of the molecule is C[C@@H](c1ccc(-c2ccccn2)cc1)N1CCC(CCO)(c2ccc(F)cc2)OC1=O. The number of nitrogens with zero attached hydrogens (tertiary/aromatic N) is 2. The van der Waals surface area contributed by atoms with Gasteiger partial charge in [-0.15, -0.1) is 0 Å². The average molecular weight is 420 g/mol. The van der Waals surface area contributed by atoms with Gasteiger partial charge in [-0.3, -0.25) is 4.98 Å². The predicted molar refractivity (Wildman–Crippen MR) is 116 cm³/mol. The Kier molecular flexibility index (Phi) is 6.00. The van der Waals surface area contributed by atoms with Crippen molar-refractivity contribution in [1.29, 1.82) is 0 Å². The Balaban J connectivity index is 1.51. The molecule has 2 heterocycles. The van der Waals surface area contributed by atoms with E-state index in [1.165, 1.54) is 12.1 Å². The molecule has 6 heteroatoms. The monoisotopic (exact) mass is 420 g/mol. The number of benzene rings is 2. The molecule has 0 saturated carbocycles. The summed E-state index contributed by atoms with van der Waals surface area (Å²) >= 11 is 0. The van der Waals surface area contributed by atoms with Gasteiger partial charge in [-0.05, 0) is 42.3 Å². The van der Waals surface area contributed by atoms with Crippen molar-refractivity contribution in [3.8, 4) is 11.3 Å². The first-order valence-electron chi connectivity index (χ1n) is 10.4. The Bertz CT molecular complexity index is 1020. The second-order valence-electron chi connectivity index (χ2n) is 7.80. The summed E-state index contributed by atoms with van der Waals surface area (Å²) in [6.07, 6.45) is 2.10. The van der Waals surface area contributed by atoms with Crippen molar-refractivity contribution in [2.24, 2.45) is 0 Å². The zero-order valence-electron chi connectivity index (χ0n) is 17.4. The lowest BCUT2D eigenvalue weighted by Gasteiger charge is -2.43. The third-order valence-electron chi connectivity index (χ3n) is 5.98. The smallest absolute Gasteiger partial charge is 0.411 e. The number of ether oxygens (including phenoxy) is 1. The van der Waals surface area contributed by atoms with E-state index < -0.39 is 11.7 Å². The van der Waals surface area contributed by atoms with Crippen LogP contribution in [0.5, 0.6) is 0 Å². The lowest BCUT2D eigenvalue weighted by Crippen LogP contribution is -2.49. The van der Waals surface area contributed by atoms with Crippen LogP contribution in [-0.2, 0) is 10.3 Å². The number of amides is 1. The van der Waals surface area contributed by atoms with Crippen LogP contribution in [0.1, 0.15) is 36.9 Å². The fourth-order valence-electron chi connectivity index (χ4n) is 4.12. The number of cyclic esters (lactones) is 1. The minimum Gasteiger partial charge on any atom is -0.438 e. The number of hydrogen-bond acceptors (Lipinski definition) is 4. The molecule has 31 heavy (non-hydrogen) atoms. The van der Waals surface area contributed by atoms with Crippen LogP contribution in [0.3, 0.4) is 0 Å². The quantitative estimate of drug-likeness (QED) is 0.605. The molecule has 1 aliphatic rings. The molecular weight excluding hydrogens is 395 g/mol. The maximum Gasteiger partial charge on any atom is 0.411 e. The maximum atomic E-state index is 13.4. The van der Waals surface area contributed by atoms with E-state index >= 15 is 0 Å². The summed E-state index contributed by atoms with van der Waals surface area (Å²) in [5.74, 6) is -0.352. The first kappa shape index (κ1) is 21.0. The van der Waals surface area contributed by atoms with Crippen LogP contribution >= 0.6 is 0 Å². The van der Waals surface area contributed by atoms with E-state index in [1.54, 1.807) is 23.2 Å². The van der Waals surface area contributed by atoms with Gasteiger partial charge in [-0.25, -0.2) is 9.18 Å². The average Bonchev–Trinajstić information content (AvgIpc) is 2.80. The van der Waals surface area contributed by atoms with Gasteiger partial charge in [-0.2, -0.15) is 0 Å². The molecule has 1 aromatic heterocycles. The highest BCUT2D eigenvalue weighted by Crippen LogP contribution is 2.39. The van der Waals surface area contributed by atoms with Crippen LogP contribution in [0.2, 0.25) is 0 Å². The van der Waals surface area contributed by atoms with Gasteiger partial charge in [0.15, 0.2) is 0 Å². The molecule has 2 atom stereocenters. The number of carbonyl (C=O) groups is 1. The molecule has 5 nitrogen and oxygen atoms in total. The molecule has 1 fully saturated rings. The van der Waals surface area contributed by atoms with E-state index in [0.29, 0.717) is 18.5 Å². The molecule has 0 radical (unpaired) electrons. The molecule has 0 bridgehead atoms. The predicted octanol–water partition coefficient (Wildman–Crippen LogP) is 5.07. The summed E-state index contributed by atoms with van der Waals surface area (Å²) in [6.45, 7) is 2.31. The molecule has 1 N–H and O–H groups in total. The van der Waals surface area contributed by atoms with Gasteiger partial charge in [0, 0.05) is 37.8 Å². The van der Waals surface area contributed by atoms with Crippen molar-refractivity contribution in [2.45, 2.75) is 31.4 Å². The van der Waals surface area contributed by atoms with E-state index in [2.05, 4.69) is 4.98 Å². The molecular formula is C25H25FN2O3. The molecule has 1 saturated heterocycles. The summed E-state index contributed by atoms with van der Waals surface area (Å²) in [6, 6.07) is 19.5. The van der Waals surface area contributed by atoms with Gasteiger partial charge in [0.25, 0.3) is 0 Å². The number of aliphatic hydroxyl groups is 1. The molecule has 4 rings (SSSR count). The summed E-state index contributed by atoms with van der Waals surface area (Å²) < 4.78 is 19.2. The number of rotatable bonds is 6. The Morgan fingerprint density at radius 3 is 2.48 bits per heavy atom. The topological polar surface area (TPSA) is 62.7 Å². The number of pyridine rings is 1. The number of aliphatic hydroxyl groups excluding tert-OH is 1. The summed E-state index contributed by atoms with van der Waals surface area (Å²) in [4.78, 5) is 19.0. The third-order valence-corrected chi connectivity index (χ3v) is 5.98. The highest BCUT2D eigenvalue weighted by molar-refractivity contribution is 5.70. The lowest BCUT2D eigenvalue weighted by molar-refractivity contribution is -0.0718. The van der Waals surface area contributed by atoms with Gasteiger partial charge < -0.3 is 14.7 Å². The summed E-state index contributed by atoms with van der Waals surface area (Å²) in [5, 5.41) is 9.57. The van der Waals surface area contributed by atoms with E-state index in [1.807, 2.05) is 49.4 Å². The number of aromatic nitrogens is 1. The maximum absolute atomic E-state index is 13.4. The Morgan fingerprint density at radius 1 is 1.13 bits per heavy atom. The zero-order valence-corrected chi connectivity index (χ0v) is 17.4. The molecule has 1 aliphatic heterocycles. The van der Waals surface area contributed by atoms with Gasteiger partial charge in [0.2, 0.25) is 0 Å². The number of halogens is 1. The standard InChI is InChI=1S/C25H25FN2O3/c1-18(19-5-7-20(8-6-19)23-4-2-3-15-27-23)28-16-13-25(14-17-29,31-24(28)30)21-9-11-22(26)12-10-21/h2-12,15,18,29H,13-14,16-17H2,1H3/t18-,25?/m0/s1. The van der Waals surface area contributed by atoms with Gasteiger partial charge in [-0.1, -0.05) is 42.5 Å². The van der Waals surface area contributed by atoms with Gasteiger partial charge in [0.1, 0.15) is 11.4 Å². The van der Waals surface area contributed by atoms with Crippen LogP contribution in [0, 0.1) is 5.82 Å². The third kappa shape index (κ3) is 4.30. The molecule has 2 aromatic carbocycles. The van der Waals surface area contributed by atoms with Crippen LogP contribution in [0.15, 0.2) is 72.9 Å². The summed E-state index contributed by atoms with van der Waals surface area (Å²) in [7, 11) is 0. The second kappa shape index (κ2) is 8.86. The minimum absolute atomic E-state index is 0.130. The Morgan fingerprint density at radius 2 is 1.87 bits per heavy atom. The number of carbonyl (C=O) groups excluding carboxylic acids is 1. The molecule has 0 spiro atoms. The normalized spacial score (nSPS) is 19.7. The van der Waals surface area contributed by atoms with Crippen molar-refractivity contribution < 1.29 is 19.0 Å². The van der Waals surface area contributed by atoms with Crippen LogP contribution in [0.4, 0.5) is 9.18 Å². The molecule has 1 unspecified atom stereocenters. The zero-order chi connectivity index (χ0) is 21.8. The number of hydrogen-bond donors (Lipinski definition) is 1. The first-order valence-corrected chi connectivity index (χ1v) is 10.4. The lowest BCUT2D eigenvalue weighted by atomic mass is 9.85. The first-order chi connectivity index (χ1) is 15.0. The van der Waals surface area contributed by atoms with Crippen molar-refractivity contribution in [1.82, 2.24) is 9.88 Å². The van der Waals surface area contributed by atoms with Crippen molar-refractivity contribution in [3.63, 3.8) is 0 Å². The van der Waals surface area contributed by atoms with Crippen molar-refractivity contribution >= 4 is 6.09 Å². The largest absolute Gasteiger partial charge is 0.438 e. The van der Waals surface area contributed by atoms with Crippen LogP contribution in [0.25, 0.3) is 11.3 Å². The van der Waals surface area contributed by atoms with Crippen LogP contribution < -0.4 is 0 Å². The van der Waals surface area contributed by atoms with Crippen LogP contribution in [-0.4, -0.2) is 34.2 Å². The van der Waals surface area contributed by atoms with E-state index in [0.717, 1.165) is 16.8 Å². The van der Waals surface area contributed by atoms with Crippen molar-refractivity contribution in [3.05, 3.63) is 89.9 Å². The molecule has 1 amide bonds. The van der Waals surface area contributed by atoms with E-state index in [4.69, 9.17) is 4.74 Å². The highest BCUT2D eigenvalue weighted by atomic mass is 19.1. The highest BCUT2D eigenvalue weighted by Gasteiger charge is 2.43. The molecule has 0 aliphatic carbocycles. The fraction of sp³-hybridized carbons (Fsp3) is 0.280. The van der Waals surface area contributed by atoms with E-state index in [-0.39, 0.29) is 24.9 Å².